The largest absolute Gasteiger partial charge is 0.366 e. The van der Waals surface area contributed by atoms with E-state index in [1.807, 2.05) is 29.1 Å². The van der Waals surface area contributed by atoms with Gasteiger partial charge in [0.05, 0.1) is 12.1 Å². The lowest BCUT2D eigenvalue weighted by Gasteiger charge is -2.14. The Kier molecular flexibility index (Phi) is 5.09. The van der Waals surface area contributed by atoms with E-state index < -0.39 is 0 Å². The van der Waals surface area contributed by atoms with Gasteiger partial charge >= 0.3 is 0 Å². The molecule has 0 aliphatic carbocycles. The van der Waals surface area contributed by atoms with Gasteiger partial charge in [0.25, 0.3) is 5.89 Å². The summed E-state index contributed by atoms with van der Waals surface area (Å²) in [6, 6.07) is 12.1. The summed E-state index contributed by atoms with van der Waals surface area (Å²) in [6.45, 7) is 2.81. The highest BCUT2D eigenvalue weighted by Gasteiger charge is 2.11. The van der Waals surface area contributed by atoms with Crippen molar-refractivity contribution >= 4 is 5.82 Å². The fraction of sp³-hybridized carbons (Fsp3) is 0.200. The van der Waals surface area contributed by atoms with Crippen LogP contribution in [0.2, 0.25) is 0 Å². The van der Waals surface area contributed by atoms with Crippen LogP contribution in [0.15, 0.2) is 65.6 Å². The van der Waals surface area contributed by atoms with Crippen molar-refractivity contribution in [2.75, 3.05) is 5.32 Å². The molecule has 28 heavy (non-hydrogen) atoms. The minimum Gasteiger partial charge on any atom is -0.366 e. The second-order valence-electron chi connectivity index (χ2n) is 6.52. The van der Waals surface area contributed by atoms with Crippen LogP contribution in [0, 0.1) is 5.82 Å². The van der Waals surface area contributed by atoms with Crippen molar-refractivity contribution in [2.45, 2.75) is 25.9 Å². The van der Waals surface area contributed by atoms with Gasteiger partial charge in [0, 0.05) is 31.1 Å². The van der Waals surface area contributed by atoms with Gasteiger partial charge in [-0.1, -0.05) is 17.3 Å². The number of aromatic nitrogens is 5. The first-order chi connectivity index (χ1) is 13.7. The smallest absolute Gasteiger partial charge is 0.259 e. The fourth-order valence-corrected chi connectivity index (χ4v) is 2.82. The van der Waals surface area contributed by atoms with Crippen molar-refractivity contribution in [1.29, 1.82) is 0 Å². The first-order valence-electron chi connectivity index (χ1n) is 8.93. The lowest BCUT2D eigenvalue weighted by atomic mass is 10.1. The molecular formula is C20H19FN6O. The second-order valence-corrected chi connectivity index (χ2v) is 6.52. The van der Waals surface area contributed by atoms with Crippen molar-refractivity contribution in [2.24, 2.45) is 0 Å². The van der Waals surface area contributed by atoms with Crippen molar-refractivity contribution in [3.8, 4) is 11.5 Å². The van der Waals surface area contributed by atoms with Crippen LogP contribution >= 0.6 is 0 Å². The number of hydrogen-bond acceptors (Lipinski definition) is 6. The van der Waals surface area contributed by atoms with Crippen LogP contribution in [0.4, 0.5) is 10.2 Å². The average molecular weight is 378 g/mol. The summed E-state index contributed by atoms with van der Waals surface area (Å²) in [5.41, 5.74) is 1.65. The monoisotopic (exact) mass is 378 g/mol. The molecule has 1 N–H and O–H groups in total. The average Bonchev–Trinajstić information content (AvgIpc) is 3.36. The van der Waals surface area contributed by atoms with E-state index in [-0.39, 0.29) is 11.9 Å². The van der Waals surface area contributed by atoms with E-state index in [9.17, 15) is 4.39 Å². The molecule has 0 saturated heterocycles. The highest BCUT2D eigenvalue weighted by Crippen LogP contribution is 2.19. The van der Waals surface area contributed by atoms with E-state index in [2.05, 4.69) is 32.5 Å². The topological polar surface area (TPSA) is 81.7 Å². The summed E-state index contributed by atoms with van der Waals surface area (Å²) in [4.78, 5) is 8.81. The molecule has 0 aliphatic rings. The Labute approximate surface area is 161 Å². The van der Waals surface area contributed by atoms with E-state index in [1.165, 1.54) is 12.1 Å². The lowest BCUT2D eigenvalue weighted by molar-refractivity contribution is 0.424. The maximum atomic E-state index is 13.0. The molecule has 0 bridgehead atoms. The standard InChI is InChI=1S/C20H19FN6O/c1-14(13-27-10-2-9-23-27)24-18-8-5-16(12-22-18)20-25-19(26-28-20)11-15-3-6-17(21)7-4-15/h2-10,12,14H,11,13H2,1H3,(H,22,24). The van der Waals surface area contributed by atoms with Gasteiger partial charge in [-0.15, -0.1) is 0 Å². The Morgan fingerprint density at radius 3 is 2.75 bits per heavy atom. The number of hydrogen-bond donors (Lipinski definition) is 1. The van der Waals surface area contributed by atoms with Gasteiger partial charge < -0.3 is 9.84 Å². The van der Waals surface area contributed by atoms with Crippen molar-refractivity contribution < 1.29 is 8.91 Å². The molecule has 7 nitrogen and oxygen atoms in total. The molecule has 0 aliphatic heterocycles. The molecule has 3 aromatic heterocycles. The van der Waals surface area contributed by atoms with Crippen LogP contribution < -0.4 is 5.32 Å². The summed E-state index contributed by atoms with van der Waals surface area (Å²) in [5, 5.41) is 11.5. The quantitative estimate of drug-likeness (QED) is 0.530. The van der Waals surface area contributed by atoms with Crippen LogP contribution in [0.1, 0.15) is 18.3 Å². The zero-order valence-corrected chi connectivity index (χ0v) is 15.3. The van der Waals surface area contributed by atoms with Gasteiger partial charge in [0.2, 0.25) is 0 Å². The van der Waals surface area contributed by atoms with E-state index in [1.54, 1.807) is 24.5 Å². The van der Waals surface area contributed by atoms with Crippen LogP contribution in [0.3, 0.4) is 0 Å². The summed E-state index contributed by atoms with van der Waals surface area (Å²) in [5.74, 6) is 1.43. The lowest BCUT2D eigenvalue weighted by Crippen LogP contribution is -2.22. The van der Waals surface area contributed by atoms with Crippen LogP contribution in [-0.2, 0) is 13.0 Å². The molecule has 0 spiro atoms. The summed E-state index contributed by atoms with van der Waals surface area (Å²) >= 11 is 0. The Morgan fingerprint density at radius 2 is 2.04 bits per heavy atom. The molecular weight excluding hydrogens is 359 g/mol. The number of pyridine rings is 1. The number of benzene rings is 1. The Bertz CT molecular complexity index is 1010. The number of nitrogens with zero attached hydrogens (tertiary/aromatic N) is 5. The molecule has 4 aromatic rings. The predicted molar refractivity (Wildman–Crippen MR) is 102 cm³/mol. The third-order valence-corrected chi connectivity index (χ3v) is 4.17. The number of rotatable bonds is 7. The molecule has 0 saturated carbocycles. The molecule has 0 radical (unpaired) electrons. The van der Waals surface area contributed by atoms with Crippen molar-refractivity contribution in [3.63, 3.8) is 0 Å². The summed E-state index contributed by atoms with van der Waals surface area (Å²) in [7, 11) is 0. The predicted octanol–water partition coefficient (Wildman–Crippen LogP) is 3.56. The van der Waals surface area contributed by atoms with Gasteiger partial charge in [-0.2, -0.15) is 10.1 Å². The van der Waals surface area contributed by atoms with Gasteiger partial charge in [0.15, 0.2) is 5.82 Å². The van der Waals surface area contributed by atoms with Crippen LogP contribution in [-0.4, -0.2) is 30.9 Å². The normalized spacial score (nSPS) is 12.1. The van der Waals surface area contributed by atoms with Gasteiger partial charge in [-0.05, 0) is 42.8 Å². The zero-order chi connectivity index (χ0) is 19.3. The van der Waals surface area contributed by atoms with Crippen LogP contribution in [0.5, 0.6) is 0 Å². The van der Waals surface area contributed by atoms with E-state index in [0.717, 1.165) is 23.5 Å². The third-order valence-electron chi connectivity index (χ3n) is 4.17. The van der Waals surface area contributed by atoms with Crippen LogP contribution in [0.25, 0.3) is 11.5 Å². The molecule has 142 valence electrons. The molecule has 4 rings (SSSR count). The molecule has 1 atom stereocenters. The minimum absolute atomic E-state index is 0.170. The van der Waals surface area contributed by atoms with Crippen molar-refractivity contribution in [3.05, 3.63) is 78.3 Å². The van der Waals surface area contributed by atoms with E-state index in [4.69, 9.17) is 4.52 Å². The molecule has 1 unspecified atom stereocenters. The summed E-state index contributed by atoms with van der Waals surface area (Å²) < 4.78 is 20.2. The maximum Gasteiger partial charge on any atom is 0.259 e. The minimum atomic E-state index is -0.267. The SMILES string of the molecule is CC(Cn1cccn1)Nc1ccc(-c2nc(Cc3ccc(F)cc3)no2)cn1. The number of nitrogens with one attached hydrogen (secondary N) is 1. The maximum absolute atomic E-state index is 13.0. The third kappa shape index (κ3) is 4.40. The van der Waals surface area contributed by atoms with Gasteiger partial charge in [0.1, 0.15) is 11.6 Å². The first kappa shape index (κ1) is 17.8. The number of halogens is 1. The highest BCUT2D eigenvalue weighted by atomic mass is 19.1. The second kappa shape index (κ2) is 7.99. The summed E-state index contributed by atoms with van der Waals surface area (Å²) in [6.07, 6.45) is 5.85. The molecule has 0 fully saturated rings. The van der Waals surface area contributed by atoms with E-state index >= 15 is 0 Å². The zero-order valence-electron chi connectivity index (χ0n) is 15.3. The number of anilines is 1. The van der Waals surface area contributed by atoms with Crippen molar-refractivity contribution in [1.82, 2.24) is 24.9 Å². The Morgan fingerprint density at radius 1 is 1.18 bits per heavy atom. The fourth-order valence-electron chi connectivity index (χ4n) is 2.82. The van der Waals surface area contributed by atoms with Gasteiger partial charge in [-0.3, -0.25) is 4.68 Å². The molecule has 3 heterocycles. The van der Waals surface area contributed by atoms with Gasteiger partial charge in [-0.25, -0.2) is 9.37 Å². The first-order valence-corrected chi connectivity index (χ1v) is 8.93. The van der Waals surface area contributed by atoms with E-state index in [0.29, 0.717) is 18.1 Å². The Hall–Kier alpha value is -3.55. The molecule has 8 heteroatoms. The highest BCUT2D eigenvalue weighted by molar-refractivity contribution is 5.54. The molecule has 1 aromatic carbocycles. The molecule has 0 amide bonds. The Balaban J connectivity index is 1.38.